The molecule has 5 rings (SSSR count). The number of nitrogens with zero attached hydrogens (tertiary/aromatic N) is 5. The number of carbonyl (C=O) groups is 1. The van der Waals surface area contributed by atoms with E-state index in [2.05, 4.69) is 20.6 Å². The van der Waals surface area contributed by atoms with Crippen molar-refractivity contribution in [2.75, 3.05) is 6.61 Å². The fraction of sp³-hybridized carbons (Fsp3) is 0.409. The van der Waals surface area contributed by atoms with E-state index < -0.39 is 23.4 Å². The molecule has 10 nitrogen and oxygen atoms in total. The van der Waals surface area contributed by atoms with Gasteiger partial charge in [-0.15, -0.1) is 5.10 Å². The molecule has 2 aromatic heterocycles. The van der Waals surface area contributed by atoms with Crippen LogP contribution in [0, 0.1) is 19.7 Å². The molecule has 2 aliphatic rings. The zero-order valence-corrected chi connectivity index (χ0v) is 18.2. The van der Waals surface area contributed by atoms with Gasteiger partial charge in [-0.25, -0.2) is 14.1 Å². The Morgan fingerprint density at radius 3 is 2.82 bits per heavy atom. The number of nitrogens with one attached hydrogen (secondary N) is 1. The van der Waals surface area contributed by atoms with Crippen molar-refractivity contribution in [3.63, 3.8) is 0 Å². The van der Waals surface area contributed by atoms with Crippen molar-refractivity contribution in [1.82, 2.24) is 29.9 Å². The fourth-order valence-electron chi connectivity index (χ4n) is 4.37. The van der Waals surface area contributed by atoms with Gasteiger partial charge >= 0.3 is 0 Å². The number of halogens is 1. The van der Waals surface area contributed by atoms with Crippen LogP contribution in [0.25, 0.3) is 5.69 Å². The van der Waals surface area contributed by atoms with Crippen LogP contribution in [0.1, 0.15) is 46.1 Å². The average Bonchev–Trinajstić information content (AvgIpc) is 3.10. The first-order valence-corrected chi connectivity index (χ1v) is 10.7. The van der Waals surface area contributed by atoms with E-state index in [1.54, 1.807) is 13.0 Å². The summed E-state index contributed by atoms with van der Waals surface area (Å²) in [6, 6.07) is 5.39. The highest BCUT2D eigenvalue weighted by atomic mass is 19.1. The minimum Gasteiger partial charge on any atom is -0.393 e. The summed E-state index contributed by atoms with van der Waals surface area (Å²) in [5.74, 6) is -0.615. The maximum absolute atomic E-state index is 14.0. The molecule has 1 spiro atoms. The van der Waals surface area contributed by atoms with E-state index in [1.807, 2.05) is 6.92 Å². The molecule has 33 heavy (non-hydrogen) atoms. The maximum Gasteiger partial charge on any atom is 0.270 e. The van der Waals surface area contributed by atoms with E-state index in [-0.39, 0.29) is 17.8 Å². The third-order valence-electron chi connectivity index (χ3n) is 6.31. The number of aromatic nitrogens is 5. The van der Waals surface area contributed by atoms with Crippen LogP contribution < -0.4 is 10.9 Å². The van der Waals surface area contributed by atoms with Crippen molar-refractivity contribution in [2.45, 2.75) is 51.5 Å². The number of amides is 1. The summed E-state index contributed by atoms with van der Waals surface area (Å²) < 4.78 is 22.8. The Morgan fingerprint density at radius 1 is 1.33 bits per heavy atom. The van der Waals surface area contributed by atoms with Crippen LogP contribution in [0.3, 0.4) is 0 Å². The highest BCUT2D eigenvalue weighted by molar-refractivity contribution is 5.92. The van der Waals surface area contributed by atoms with Gasteiger partial charge in [-0.05, 0) is 31.5 Å². The van der Waals surface area contributed by atoms with E-state index in [0.717, 1.165) is 5.69 Å². The van der Waals surface area contributed by atoms with Crippen LogP contribution in [0.4, 0.5) is 4.39 Å². The Labute approximate surface area is 188 Å². The summed E-state index contributed by atoms with van der Waals surface area (Å²) in [6.07, 6.45) is 0.145. The number of ether oxygens (including phenoxy) is 1. The monoisotopic (exact) mass is 454 g/mol. The lowest BCUT2D eigenvalue weighted by Crippen LogP contribution is -2.54. The van der Waals surface area contributed by atoms with Gasteiger partial charge in [0.25, 0.3) is 11.5 Å². The van der Waals surface area contributed by atoms with Gasteiger partial charge < -0.3 is 15.2 Å². The van der Waals surface area contributed by atoms with Gasteiger partial charge in [-0.3, -0.25) is 14.2 Å². The van der Waals surface area contributed by atoms with Gasteiger partial charge in [-0.2, -0.15) is 0 Å². The third-order valence-corrected chi connectivity index (χ3v) is 6.31. The van der Waals surface area contributed by atoms with E-state index in [0.29, 0.717) is 48.8 Å². The molecular weight excluding hydrogens is 431 g/mol. The molecule has 3 aromatic rings. The molecule has 1 aromatic carbocycles. The van der Waals surface area contributed by atoms with Crippen molar-refractivity contribution in [2.24, 2.45) is 0 Å². The highest BCUT2D eigenvalue weighted by Crippen LogP contribution is 2.45. The summed E-state index contributed by atoms with van der Waals surface area (Å²) in [5, 5.41) is 20.6. The second kappa shape index (κ2) is 7.85. The number of aryl methyl sites for hydroxylation is 1. The number of hydrogen-bond acceptors (Lipinski definition) is 7. The first-order valence-electron chi connectivity index (χ1n) is 10.7. The molecule has 0 unspecified atom stereocenters. The van der Waals surface area contributed by atoms with Crippen LogP contribution in [0.15, 0.2) is 29.1 Å². The second-order valence-corrected chi connectivity index (χ2v) is 8.49. The smallest absolute Gasteiger partial charge is 0.270 e. The van der Waals surface area contributed by atoms with Gasteiger partial charge in [0.2, 0.25) is 0 Å². The van der Waals surface area contributed by atoms with Crippen molar-refractivity contribution in [3.8, 4) is 5.69 Å². The average molecular weight is 454 g/mol. The Balaban J connectivity index is 1.42. The second-order valence-electron chi connectivity index (χ2n) is 8.49. The first-order chi connectivity index (χ1) is 15.8. The Kier molecular flexibility index (Phi) is 5.09. The number of hydrogen-bond donors (Lipinski definition) is 2. The zero-order chi connectivity index (χ0) is 23.3. The van der Waals surface area contributed by atoms with E-state index in [1.165, 1.54) is 27.4 Å². The summed E-state index contributed by atoms with van der Waals surface area (Å²) >= 11 is 0. The minimum absolute atomic E-state index is 0.0334. The number of aliphatic hydroxyl groups excluding tert-OH is 1. The number of rotatable bonds is 4. The van der Waals surface area contributed by atoms with Crippen molar-refractivity contribution < 1.29 is 19.0 Å². The predicted molar refractivity (Wildman–Crippen MR) is 113 cm³/mol. The van der Waals surface area contributed by atoms with E-state index in [9.17, 15) is 19.1 Å². The lowest BCUT2D eigenvalue weighted by molar-refractivity contribution is -0.182. The molecular formula is C22H23FN6O4. The molecule has 0 bridgehead atoms. The maximum atomic E-state index is 14.0. The van der Waals surface area contributed by atoms with E-state index >= 15 is 0 Å². The minimum atomic E-state index is -0.834. The summed E-state index contributed by atoms with van der Waals surface area (Å²) in [6.45, 7) is 4.38. The molecule has 1 aliphatic carbocycles. The van der Waals surface area contributed by atoms with E-state index in [4.69, 9.17) is 4.74 Å². The summed E-state index contributed by atoms with van der Waals surface area (Å²) in [7, 11) is 0. The molecule has 1 aliphatic heterocycles. The van der Waals surface area contributed by atoms with Crippen LogP contribution in [0.2, 0.25) is 0 Å². The molecule has 11 heteroatoms. The van der Waals surface area contributed by atoms with Crippen LogP contribution in [-0.4, -0.2) is 48.3 Å². The molecule has 2 N–H and O–H groups in total. The quantitative estimate of drug-likeness (QED) is 0.600. The predicted octanol–water partition coefficient (Wildman–Crippen LogP) is 0.890. The zero-order valence-electron chi connectivity index (χ0n) is 18.2. The summed E-state index contributed by atoms with van der Waals surface area (Å²) in [5.41, 5.74) is 1.34. The lowest BCUT2D eigenvalue weighted by Gasteiger charge is -2.47. The standard InChI is InChI=1S/C22H23FN6O4/c1-12-13(2)29(27-26-12)18-7-15(23)4-3-14(18)11-24-20(32)17-8-19(31)28-5-6-33-22(21(28)25-17)9-16(30)10-22/h3-4,7-8,16,30H,5-6,9-11H2,1-2H3,(H,24,32). The molecule has 0 atom stereocenters. The molecule has 1 amide bonds. The van der Waals surface area contributed by atoms with Crippen molar-refractivity contribution in [1.29, 1.82) is 0 Å². The lowest BCUT2D eigenvalue weighted by atomic mass is 9.76. The highest BCUT2D eigenvalue weighted by Gasteiger charge is 2.51. The van der Waals surface area contributed by atoms with Gasteiger partial charge in [-0.1, -0.05) is 11.3 Å². The van der Waals surface area contributed by atoms with Gasteiger partial charge in [0.05, 0.1) is 36.3 Å². The summed E-state index contributed by atoms with van der Waals surface area (Å²) in [4.78, 5) is 30.0. The number of fused-ring (bicyclic) bond motifs is 2. The van der Waals surface area contributed by atoms with Crippen LogP contribution in [0.5, 0.6) is 0 Å². The number of carbonyl (C=O) groups excluding carboxylic acids is 1. The Morgan fingerprint density at radius 2 is 2.12 bits per heavy atom. The Hall–Kier alpha value is -3.44. The van der Waals surface area contributed by atoms with Crippen LogP contribution >= 0.6 is 0 Å². The largest absolute Gasteiger partial charge is 0.393 e. The normalized spacial score (nSPS) is 21.5. The molecule has 1 saturated carbocycles. The molecule has 172 valence electrons. The molecule has 1 fully saturated rings. The van der Waals surface area contributed by atoms with Gasteiger partial charge in [0.15, 0.2) is 0 Å². The van der Waals surface area contributed by atoms with Crippen molar-refractivity contribution in [3.05, 3.63) is 68.9 Å². The van der Waals surface area contributed by atoms with Gasteiger partial charge in [0, 0.05) is 25.5 Å². The number of aliphatic hydroxyl groups is 1. The Bertz CT molecular complexity index is 1310. The third kappa shape index (κ3) is 3.62. The fourth-order valence-corrected chi connectivity index (χ4v) is 4.37. The molecule has 3 heterocycles. The van der Waals surface area contributed by atoms with Crippen LogP contribution in [-0.2, 0) is 23.4 Å². The molecule has 0 saturated heterocycles. The topological polar surface area (TPSA) is 124 Å². The van der Waals surface area contributed by atoms with Crippen molar-refractivity contribution >= 4 is 5.91 Å². The van der Waals surface area contributed by atoms with Gasteiger partial charge in [0.1, 0.15) is 22.9 Å². The SMILES string of the molecule is Cc1nnn(-c2cc(F)ccc2CNC(=O)c2cc(=O)n3c(n2)C2(CC(O)C2)OCC3)c1C. The number of benzene rings is 1. The molecule has 0 radical (unpaired) electrons. The first kappa shape index (κ1) is 21.4.